The molecule has 3 aromatic carbocycles. The summed E-state index contributed by atoms with van der Waals surface area (Å²) < 4.78 is 18.9. The quantitative estimate of drug-likeness (QED) is 0.0796. The predicted molar refractivity (Wildman–Crippen MR) is 209 cm³/mol. The number of hydroxylamine groups is 2. The Bertz CT molecular complexity index is 1950. The van der Waals surface area contributed by atoms with Crippen molar-refractivity contribution in [3.8, 4) is 34.4 Å². The van der Waals surface area contributed by atoms with Gasteiger partial charge in [-0.2, -0.15) is 10.3 Å². The van der Waals surface area contributed by atoms with Gasteiger partial charge in [0.15, 0.2) is 0 Å². The Morgan fingerprint density at radius 3 is 2.44 bits per heavy atom. The van der Waals surface area contributed by atoms with Crippen LogP contribution in [0.4, 0.5) is 0 Å². The smallest absolute Gasteiger partial charge is 0.320 e. The molecule has 0 radical (unpaired) electrons. The second-order valence-electron chi connectivity index (χ2n) is 14.3. The van der Waals surface area contributed by atoms with E-state index in [4.69, 9.17) is 25.8 Å². The molecule has 11 heteroatoms. The number of ether oxygens (including phenoxy) is 3. The second kappa shape index (κ2) is 19.1. The van der Waals surface area contributed by atoms with Gasteiger partial charge in [0.05, 0.1) is 17.2 Å². The SMILES string of the molecule is Cc1c(COc2cc(OCc3cncc(C#N)c3)c(CN3CCCC[C@H]3C(=O)O)cc2Cl)cccc1-c1cccc(OCCCN(O)[C@@H](C)C(C)C)c1C. The highest BCUT2D eigenvalue weighted by molar-refractivity contribution is 6.32. The van der Waals surface area contributed by atoms with Crippen molar-refractivity contribution in [2.24, 2.45) is 5.92 Å². The van der Waals surface area contributed by atoms with Crippen LogP contribution in [0.25, 0.3) is 11.1 Å². The molecule has 2 heterocycles. The number of aliphatic carboxylic acids is 1. The molecule has 5 rings (SSSR count). The van der Waals surface area contributed by atoms with Crippen molar-refractivity contribution < 1.29 is 29.3 Å². The van der Waals surface area contributed by atoms with Gasteiger partial charge in [-0.1, -0.05) is 62.2 Å². The van der Waals surface area contributed by atoms with Crippen molar-refractivity contribution >= 4 is 17.6 Å². The van der Waals surface area contributed by atoms with Gasteiger partial charge in [0.25, 0.3) is 0 Å². The largest absolute Gasteiger partial charge is 0.493 e. The predicted octanol–water partition coefficient (Wildman–Crippen LogP) is 8.99. The first-order valence-corrected chi connectivity index (χ1v) is 19.0. The maximum absolute atomic E-state index is 12.1. The van der Waals surface area contributed by atoms with E-state index in [2.05, 4.69) is 50.9 Å². The van der Waals surface area contributed by atoms with Gasteiger partial charge in [0.2, 0.25) is 0 Å². The number of nitriles is 1. The number of carboxylic acid groups (broad SMARTS) is 1. The van der Waals surface area contributed by atoms with Gasteiger partial charge in [-0.25, -0.2) is 0 Å². The Hall–Kier alpha value is -4.66. The van der Waals surface area contributed by atoms with E-state index >= 15 is 0 Å². The van der Waals surface area contributed by atoms with Crippen LogP contribution >= 0.6 is 11.6 Å². The lowest BCUT2D eigenvalue weighted by Gasteiger charge is -2.33. The van der Waals surface area contributed by atoms with E-state index in [1.165, 1.54) is 11.3 Å². The van der Waals surface area contributed by atoms with Crippen LogP contribution in [0.1, 0.15) is 79.8 Å². The average Bonchev–Trinajstić information content (AvgIpc) is 3.16. The van der Waals surface area contributed by atoms with Gasteiger partial charge in [0.1, 0.15) is 42.6 Å². The third-order valence-corrected chi connectivity index (χ3v) is 10.6. The number of carboxylic acids is 1. The van der Waals surface area contributed by atoms with Crippen LogP contribution in [0.2, 0.25) is 5.02 Å². The minimum absolute atomic E-state index is 0.0788. The van der Waals surface area contributed by atoms with Crippen LogP contribution in [0.3, 0.4) is 0 Å². The fraction of sp³-hybridized carbons (Fsp3) is 0.419. The number of nitrogens with zero attached hydrogens (tertiary/aromatic N) is 4. The summed E-state index contributed by atoms with van der Waals surface area (Å²) in [6, 6.07) is 19.1. The zero-order chi connectivity index (χ0) is 38.8. The van der Waals surface area contributed by atoms with Crippen LogP contribution in [0.5, 0.6) is 17.2 Å². The summed E-state index contributed by atoms with van der Waals surface area (Å²) in [5.74, 6) is 1.29. The molecule has 0 spiro atoms. The fourth-order valence-electron chi connectivity index (χ4n) is 6.72. The number of aromatic nitrogens is 1. The monoisotopic (exact) mass is 754 g/mol. The van der Waals surface area contributed by atoms with E-state index in [-0.39, 0.29) is 19.3 Å². The maximum Gasteiger partial charge on any atom is 0.320 e. The first-order valence-electron chi connectivity index (χ1n) is 18.6. The number of halogens is 1. The van der Waals surface area contributed by atoms with Gasteiger partial charge in [-0.15, -0.1) is 0 Å². The normalized spacial score (nSPS) is 15.2. The molecule has 10 nitrogen and oxygen atoms in total. The molecular formula is C43H51ClN4O6. The van der Waals surface area contributed by atoms with Crippen LogP contribution in [-0.2, 0) is 24.6 Å². The molecule has 2 N–H and O–H groups in total. The van der Waals surface area contributed by atoms with Crippen molar-refractivity contribution in [3.63, 3.8) is 0 Å². The molecule has 0 aliphatic carbocycles. The molecule has 0 unspecified atom stereocenters. The van der Waals surface area contributed by atoms with Crippen molar-refractivity contribution in [2.45, 2.75) is 92.1 Å². The minimum atomic E-state index is -0.837. The number of rotatable bonds is 17. The first-order chi connectivity index (χ1) is 26.0. The fourth-order valence-corrected chi connectivity index (χ4v) is 6.96. The van der Waals surface area contributed by atoms with E-state index in [0.29, 0.717) is 67.1 Å². The molecule has 1 aliphatic heterocycles. The van der Waals surface area contributed by atoms with Crippen molar-refractivity contribution in [1.82, 2.24) is 14.9 Å². The molecular weight excluding hydrogens is 704 g/mol. The van der Waals surface area contributed by atoms with Gasteiger partial charge in [-0.05, 0) is 98.5 Å². The Labute approximate surface area is 323 Å². The molecule has 0 saturated carbocycles. The van der Waals surface area contributed by atoms with Crippen LogP contribution in [-0.4, -0.2) is 63.0 Å². The van der Waals surface area contributed by atoms with Gasteiger partial charge < -0.3 is 24.5 Å². The van der Waals surface area contributed by atoms with E-state index in [9.17, 15) is 20.4 Å². The number of carbonyl (C=O) groups is 1. The topological polar surface area (TPSA) is 128 Å². The molecule has 1 saturated heterocycles. The molecule has 1 fully saturated rings. The Morgan fingerprint density at radius 2 is 1.70 bits per heavy atom. The van der Waals surface area contributed by atoms with Crippen molar-refractivity contribution in [2.75, 3.05) is 19.7 Å². The third-order valence-electron chi connectivity index (χ3n) is 10.3. The van der Waals surface area contributed by atoms with Crippen LogP contribution in [0, 0.1) is 31.1 Å². The van der Waals surface area contributed by atoms with Crippen LogP contribution < -0.4 is 14.2 Å². The molecule has 2 atom stereocenters. The summed E-state index contributed by atoms with van der Waals surface area (Å²) in [4.78, 5) is 18.2. The summed E-state index contributed by atoms with van der Waals surface area (Å²) in [6.45, 7) is 12.8. The van der Waals surface area contributed by atoms with E-state index in [1.807, 2.05) is 36.1 Å². The summed E-state index contributed by atoms with van der Waals surface area (Å²) in [5, 5.41) is 31.4. The number of pyridine rings is 1. The molecule has 4 aromatic rings. The summed E-state index contributed by atoms with van der Waals surface area (Å²) >= 11 is 6.85. The highest BCUT2D eigenvalue weighted by Crippen LogP contribution is 2.37. The average molecular weight is 755 g/mol. The molecule has 1 aromatic heterocycles. The minimum Gasteiger partial charge on any atom is -0.493 e. The molecule has 286 valence electrons. The van der Waals surface area contributed by atoms with Gasteiger partial charge >= 0.3 is 5.97 Å². The number of hydrogen-bond donors (Lipinski definition) is 2. The summed E-state index contributed by atoms with van der Waals surface area (Å²) in [6.07, 6.45) is 6.22. The van der Waals surface area contributed by atoms with E-state index in [0.717, 1.165) is 57.5 Å². The number of hydrogen-bond acceptors (Lipinski definition) is 9. The van der Waals surface area contributed by atoms with E-state index < -0.39 is 12.0 Å². The highest BCUT2D eigenvalue weighted by Gasteiger charge is 2.29. The Morgan fingerprint density at radius 1 is 0.963 bits per heavy atom. The van der Waals surface area contributed by atoms with Crippen molar-refractivity contribution in [1.29, 1.82) is 5.26 Å². The molecule has 1 aliphatic rings. The molecule has 54 heavy (non-hydrogen) atoms. The maximum atomic E-state index is 12.1. The highest BCUT2D eigenvalue weighted by atomic mass is 35.5. The molecule has 0 amide bonds. The second-order valence-corrected chi connectivity index (χ2v) is 14.8. The standard InChI is InChI=1S/C43H51ClN4O6/c1-28(2)31(5)48(51)17-10-18-52-40-15-9-13-37(30(40)4)36-12-8-11-34(29(36)3)27-54-42-21-41(53-26-33-19-32(22-45)23-46-24-33)35(20-38(42)44)25-47-16-7-6-14-39(47)43(49)50/h8-9,11-13,15,19-21,23-24,28,31,39,51H,6-7,10,14,16-18,25-27H2,1-5H3,(H,49,50)/t31-,39-/m0/s1. The van der Waals surface area contributed by atoms with Gasteiger partial charge in [-0.3, -0.25) is 14.7 Å². The first kappa shape index (κ1) is 40.5. The summed E-state index contributed by atoms with van der Waals surface area (Å²) in [7, 11) is 0. The lowest BCUT2D eigenvalue weighted by atomic mass is 9.93. The van der Waals surface area contributed by atoms with Crippen LogP contribution in [0.15, 0.2) is 67.0 Å². The zero-order valence-electron chi connectivity index (χ0n) is 31.8. The van der Waals surface area contributed by atoms with Gasteiger partial charge in [0, 0.05) is 48.7 Å². The van der Waals surface area contributed by atoms with E-state index in [1.54, 1.807) is 24.4 Å². The summed E-state index contributed by atoms with van der Waals surface area (Å²) in [5.41, 5.74) is 7.13. The van der Waals surface area contributed by atoms with Crippen molar-refractivity contribution in [3.05, 3.63) is 105 Å². The third kappa shape index (κ3) is 10.3. The zero-order valence-corrected chi connectivity index (χ0v) is 32.6. The lowest BCUT2D eigenvalue weighted by molar-refractivity contribution is -0.144. The number of benzene rings is 3. The number of piperidine rings is 1. The lowest BCUT2D eigenvalue weighted by Crippen LogP contribution is -2.44. The molecule has 0 bridgehead atoms. The Balaban J connectivity index is 1.33. The Kier molecular flexibility index (Phi) is 14.3. The number of likely N-dealkylation sites (tertiary alicyclic amines) is 1.